The van der Waals surface area contributed by atoms with Gasteiger partial charge in [0, 0.05) is 6.04 Å². The summed E-state index contributed by atoms with van der Waals surface area (Å²) in [7, 11) is 0. The number of aliphatic hydroxyl groups is 1. The van der Waals surface area contributed by atoms with Gasteiger partial charge in [0.25, 0.3) is 0 Å². The van der Waals surface area contributed by atoms with Crippen LogP contribution in [0.15, 0.2) is 0 Å². The number of carbonyl (C=O) groups is 1. The molecule has 1 aliphatic heterocycles. The van der Waals surface area contributed by atoms with Gasteiger partial charge in [-0.2, -0.15) is 0 Å². The Hall–Kier alpha value is -0.610. The zero-order valence-corrected chi connectivity index (χ0v) is 11.2. The van der Waals surface area contributed by atoms with Crippen LogP contribution in [0.5, 0.6) is 0 Å². The van der Waals surface area contributed by atoms with Crippen molar-refractivity contribution in [2.24, 2.45) is 5.92 Å². The lowest BCUT2D eigenvalue weighted by Crippen LogP contribution is -2.42. The maximum atomic E-state index is 11.4. The molecule has 2 atom stereocenters. The number of hydrogen-bond acceptors (Lipinski definition) is 4. The van der Waals surface area contributed by atoms with Gasteiger partial charge in [0.1, 0.15) is 0 Å². The maximum Gasteiger partial charge on any atom is 0.307 e. The van der Waals surface area contributed by atoms with Crippen LogP contribution in [0.4, 0.5) is 0 Å². The van der Waals surface area contributed by atoms with E-state index in [1.807, 2.05) is 13.8 Å². The van der Waals surface area contributed by atoms with Crippen LogP contribution in [-0.2, 0) is 9.53 Å². The van der Waals surface area contributed by atoms with Crippen molar-refractivity contribution in [3.05, 3.63) is 0 Å². The molecule has 1 N–H and O–H groups in total. The van der Waals surface area contributed by atoms with E-state index < -0.39 is 0 Å². The van der Waals surface area contributed by atoms with Crippen LogP contribution in [0.1, 0.15) is 40.0 Å². The summed E-state index contributed by atoms with van der Waals surface area (Å²) in [6.45, 7) is 8.15. The molecule has 0 aliphatic carbocycles. The second kappa shape index (κ2) is 6.97. The lowest BCUT2D eigenvalue weighted by Gasteiger charge is -2.36. The number of carbonyl (C=O) groups excluding carboxylic acids is 1. The zero-order chi connectivity index (χ0) is 12.8. The molecule has 1 aliphatic rings. The minimum Gasteiger partial charge on any atom is -0.466 e. The molecule has 0 spiro atoms. The molecule has 0 aromatic carbocycles. The second-order valence-electron chi connectivity index (χ2n) is 4.97. The minimum absolute atomic E-state index is 0.113. The van der Waals surface area contributed by atoms with Crippen LogP contribution in [0.25, 0.3) is 0 Å². The summed E-state index contributed by atoms with van der Waals surface area (Å²) in [5.41, 5.74) is 0. The van der Waals surface area contributed by atoms with Crippen LogP contribution < -0.4 is 0 Å². The van der Waals surface area contributed by atoms with Crippen LogP contribution in [-0.4, -0.2) is 47.8 Å². The van der Waals surface area contributed by atoms with Crippen LogP contribution >= 0.6 is 0 Å². The van der Waals surface area contributed by atoms with E-state index in [4.69, 9.17) is 4.74 Å². The summed E-state index contributed by atoms with van der Waals surface area (Å²) in [5, 5.41) is 9.52. The van der Waals surface area contributed by atoms with Gasteiger partial charge in [-0.1, -0.05) is 0 Å². The fourth-order valence-corrected chi connectivity index (χ4v) is 2.43. The molecule has 0 aromatic heterocycles. The first kappa shape index (κ1) is 14.5. The number of aliphatic hydroxyl groups excluding tert-OH is 1. The van der Waals surface area contributed by atoms with Gasteiger partial charge in [0.15, 0.2) is 0 Å². The third-order valence-corrected chi connectivity index (χ3v) is 3.65. The zero-order valence-electron chi connectivity index (χ0n) is 11.2. The predicted molar refractivity (Wildman–Crippen MR) is 66.7 cm³/mol. The lowest BCUT2D eigenvalue weighted by molar-refractivity contribution is -0.144. The van der Waals surface area contributed by atoms with Gasteiger partial charge in [-0.15, -0.1) is 0 Å². The Bertz CT molecular complexity index is 235. The quantitative estimate of drug-likeness (QED) is 0.742. The van der Waals surface area contributed by atoms with Crippen molar-refractivity contribution in [3.63, 3.8) is 0 Å². The first-order chi connectivity index (χ1) is 8.04. The number of hydrogen-bond donors (Lipinski definition) is 1. The van der Waals surface area contributed by atoms with E-state index in [1.54, 1.807) is 0 Å². The van der Waals surface area contributed by atoms with E-state index in [-0.39, 0.29) is 18.1 Å². The van der Waals surface area contributed by atoms with E-state index in [0.717, 1.165) is 25.9 Å². The molecule has 0 radical (unpaired) electrons. The Morgan fingerprint density at radius 2 is 2.00 bits per heavy atom. The molecule has 100 valence electrons. The minimum atomic E-state index is -0.211. The van der Waals surface area contributed by atoms with Crippen LogP contribution in [0.2, 0.25) is 0 Å². The highest BCUT2D eigenvalue weighted by molar-refractivity contribution is 5.70. The van der Waals surface area contributed by atoms with Gasteiger partial charge in [-0.3, -0.25) is 4.79 Å². The highest BCUT2D eigenvalue weighted by atomic mass is 16.5. The van der Waals surface area contributed by atoms with Gasteiger partial charge >= 0.3 is 5.97 Å². The molecule has 0 saturated carbocycles. The summed E-state index contributed by atoms with van der Waals surface area (Å²) in [5.74, 6) is 0.304. The maximum absolute atomic E-state index is 11.4. The number of piperidine rings is 1. The van der Waals surface area contributed by atoms with Crippen molar-refractivity contribution in [1.82, 2.24) is 4.90 Å². The Morgan fingerprint density at radius 3 is 2.47 bits per heavy atom. The molecule has 17 heavy (non-hydrogen) atoms. The van der Waals surface area contributed by atoms with Crippen molar-refractivity contribution >= 4 is 5.97 Å². The fraction of sp³-hybridized carbons (Fsp3) is 0.923. The van der Waals surface area contributed by atoms with E-state index in [1.165, 1.54) is 0 Å². The Kier molecular flexibility index (Phi) is 5.92. The molecule has 0 aromatic rings. The fourth-order valence-electron chi connectivity index (χ4n) is 2.43. The number of nitrogens with zero attached hydrogens (tertiary/aromatic N) is 1. The molecule has 2 unspecified atom stereocenters. The van der Waals surface area contributed by atoms with Gasteiger partial charge in [-0.25, -0.2) is 0 Å². The second-order valence-corrected chi connectivity index (χ2v) is 4.97. The average molecular weight is 243 g/mol. The smallest absolute Gasteiger partial charge is 0.307 e. The van der Waals surface area contributed by atoms with Crippen LogP contribution in [0, 0.1) is 5.92 Å². The Morgan fingerprint density at radius 1 is 1.41 bits per heavy atom. The van der Waals surface area contributed by atoms with Crippen molar-refractivity contribution in [2.45, 2.75) is 52.2 Å². The summed E-state index contributed by atoms with van der Waals surface area (Å²) in [6, 6.07) is 0.240. The molecular formula is C13H25NO3. The van der Waals surface area contributed by atoms with Gasteiger partial charge in [-0.05, 0) is 52.6 Å². The highest BCUT2D eigenvalue weighted by Gasteiger charge is 2.26. The molecule has 1 rings (SSSR count). The molecule has 0 amide bonds. The third kappa shape index (κ3) is 4.64. The van der Waals surface area contributed by atoms with Gasteiger partial charge in [0.05, 0.1) is 19.1 Å². The summed E-state index contributed by atoms with van der Waals surface area (Å²) in [6.07, 6.45) is 2.29. The largest absolute Gasteiger partial charge is 0.466 e. The number of likely N-dealkylation sites (tertiary alicyclic amines) is 1. The van der Waals surface area contributed by atoms with E-state index in [0.29, 0.717) is 18.9 Å². The van der Waals surface area contributed by atoms with Crippen molar-refractivity contribution in [1.29, 1.82) is 0 Å². The molecular weight excluding hydrogens is 218 g/mol. The lowest BCUT2D eigenvalue weighted by atomic mass is 9.91. The summed E-state index contributed by atoms with van der Waals surface area (Å²) < 4.78 is 4.96. The summed E-state index contributed by atoms with van der Waals surface area (Å²) in [4.78, 5) is 13.7. The molecule has 0 bridgehead atoms. The van der Waals surface area contributed by atoms with E-state index in [2.05, 4.69) is 11.8 Å². The summed E-state index contributed by atoms with van der Waals surface area (Å²) >= 11 is 0. The number of ether oxygens (including phenoxy) is 1. The molecule has 1 fully saturated rings. The predicted octanol–water partition coefficient (Wildman–Crippen LogP) is 1.42. The van der Waals surface area contributed by atoms with Crippen molar-refractivity contribution in [2.75, 3.05) is 19.7 Å². The average Bonchev–Trinajstić information content (AvgIpc) is 2.29. The first-order valence-corrected chi connectivity index (χ1v) is 6.62. The monoisotopic (exact) mass is 243 g/mol. The van der Waals surface area contributed by atoms with Gasteiger partial charge < -0.3 is 14.7 Å². The first-order valence-electron chi connectivity index (χ1n) is 6.62. The molecule has 4 heteroatoms. The standard InChI is InChI=1S/C13H25NO3/c1-4-17-13(16)9-10(2)14-7-5-12(6-8-14)11(3)15/h10-12,15H,4-9H2,1-3H3. The third-order valence-electron chi connectivity index (χ3n) is 3.65. The number of esters is 1. The number of rotatable bonds is 5. The normalized spacial score (nSPS) is 22.1. The topological polar surface area (TPSA) is 49.8 Å². The molecule has 1 heterocycles. The Balaban J connectivity index is 2.30. The van der Waals surface area contributed by atoms with E-state index >= 15 is 0 Å². The van der Waals surface area contributed by atoms with E-state index in [9.17, 15) is 9.90 Å². The van der Waals surface area contributed by atoms with Crippen LogP contribution in [0.3, 0.4) is 0 Å². The SMILES string of the molecule is CCOC(=O)CC(C)N1CCC(C(C)O)CC1. The highest BCUT2D eigenvalue weighted by Crippen LogP contribution is 2.22. The molecule has 4 nitrogen and oxygen atoms in total. The van der Waals surface area contributed by atoms with Crippen molar-refractivity contribution in [3.8, 4) is 0 Å². The van der Waals surface area contributed by atoms with Crippen molar-refractivity contribution < 1.29 is 14.6 Å². The molecule has 1 saturated heterocycles. The van der Waals surface area contributed by atoms with Gasteiger partial charge in [0.2, 0.25) is 0 Å². The Labute approximate surface area is 104 Å².